The minimum absolute atomic E-state index is 0.00506. The number of aromatic hydroxyl groups is 1. The third-order valence-corrected chi connectivity index (χ3v) is 11.8. The van der Waals surface area contributed by atoms with Crippen LogP contribution in [0.4, 0.5) is 0 Å². The molecule has 4 aliphatic rings. The molecule has 1 aliphatic carbocycles. The van der Waals surface area contributed by atoms with Gasteiger partial charge >= 0.3 is 11.8 Å². The van der Waals surface area contributed by atoms with Crippen molar-refractivity contribution in [3.05, 3.63) is 64.3 Å². The molecule has 4 N–H and O–H groups in total. The number of Topliss-reactive ketones (excluding diaryl/α,β-unsaturated/α-hetero) is 2. The molecule has 0 saturated heterocycles. The van der Waals surface area contributed by atoms with Gasteiger partial charge in [0.2, 0.25) is 5.78 Å². The highest BCUT2D eigenvalue weighted by Crippen LogP contribution is 2.52. The minimum Gasteiger partial charge on any atom is -0.507 e. The van der Waals surface area contributed by atoms with Gasteiger partial charge in [-0.3, -0.25) is 19.2 Å². The van der Waals surface area contributed by atoms with Gasteiger partial charge in [-0.15, -0.1) is 0 Å². The molecule has 5 bridgehead atoms. The number of hydrogen-bond donors (Lipinski definition) is 4. The zero-order chi connectivity index (χ0) is 42.3. The summed E-state index contributed by atoms with van der Waals surface area (Å²) >= 11 is 0. The first-order chi connectivity index (χ1) is 26.8. The van der Waals surface area contributed by atoms with Crippen LogP contribution in [0.5, 0.6) is 11.5 Å². The summed E-state index contributed by atoms with van der Waals surface area (Å²) in [4.78, 5) is 67.3. The summed E-state index contributed by atoms with van der Waals surface area (Å²) in [6.07, 6.45) is 5.14. The lowest BCUT2D eigenvalue weighted by atomic mass is 9.78. The molecule has 2 aromatic rings. The van der Waals surface area contributed by atoms with E-state index in [9.17, 15) is 34.5 Å². The van der Waals surface area contributed by atoms with Crippen molar-refractivity contribution in [2.75, 3.05) is 7.11 Å². The van der Waals surface area contributed by atoms with Crippen molar-refractivity contribution in [1.82, 2.24) is 9.97 Å². The maximum absolute atomic E-state index is 14.5. The molecular formula is C43H55N3O11. The van der Waals surface area contributed by atoms with E-state index >= 15 is 0 Å². The number of rotatable bonds is 5. The lowest BCUT2D eigenvalue weighted by molar-refractivity contribution is -0.160. The second-order valence-corrected chi connectivity index (χ2v) is 15.6. The number of aromatic nitrogens is 2. The number of imidazole rings is 1. The molecule has 6 rings (SSSR count). The van der Waals surface area contributed by atoms with Crippen molar-refractivity contribution < 1.29 is 53.4 Å². The number of aliphatic hydroxyl groups excluding tert-OH is 2. The highest BCUT2D eigenvalue weighted by Gasteiger charge is 2.52. The Kier molecular flexibility index (Phi) is 12.8. The van der Waals surface area contributed by atoms with Crippen LogP contribution in [0.15, 0.2) is 41.1 Å². The molecule has 1 aromatic heterocycles. The molecule has 0 spiro atoms. The fourth-order valence-electron chi connectivity index (χ4n) is 8.03. The standard InChI is InChI=1S/C43H55N3O11/c1-12-26(13-2)41-44-31-28-29-36(50)24(8)39-30(28)40(52)43(10,57-39)55-18-17-27(54-11)21(5)38(56-25(9)47)23(7)35(49)22(6)34(48)19(3)15-14-16-20(4)42(53)46-33(37(29)51)32(31)45-41/h14-19,21-23,26-27,34-35,38,48-50H,12-13H2,1-11H3,(H,44,45)/b15-14+,18-17+,20-16+,46-33?/t19-,21+,22+,23+,27-,34-,35+,38+,43-/m0/s1. The average molecular weight is 790 g/mol. The third kappa shape index (κ3) is 7.86. The second kappa shape index (κ2) is 16.9. The van der Waals surface area contributed by atoms with Crippen molar-refractivity contribution in [2.24, 2.45) is 28.7 Å². The van der Waals surface area contributed by atoms with Gasteiger partial charge in [0.05, 0.1) is 47.1 Å². The molecule has 0 saturated carbocycles. The second-order valence-electron chi connectivity index (χ2n) is 15.6. The molecular weight excluding hydrogens is 734 g/mol. The molecule has 57 heavy (non-hydrogen) atoms. The van der Waals surface area contributed by atoms with Crippen molar-refractivity contribution >= 4 is 29.2 Å². The Morgan fingerprint density at radius 2 is 1.65 bits per heavy atom. The molecule has 4 heterocycles. The van der Waals surface area contributed by atoms with E-state index in [2.05, 4.69) is 9.98 Å². The molecule has 1 aromatic carbocycles. The van der Waals surface area contributed by atoms with Crippen LogP contribution in [0.25, 0.3) is 11.3 Å². The predicted octanol–water partition coefficient (Wildman–Crippen LogP) is 6.06. The number of amides is 1. The number of ether oxygens (including phenoxy) is 4. The molecule has 0 unspecified atom stereocenters. The van der Waals surface area contributed by atoms with Crippen LogP contribution >= 0.6 is 0 Å². The van der Waals surface area contributed by atoms with E-state index in [4.69, 9.17) is 23.9 Å². The number of carbonyl (C=O) groups is 4. The fraction of sp³-hybridized carbons (Fsp3) is 0.535. The zero-order valence-electron chi connectivity index (χ0n) is 34.5. The maximum Gasteiger partial charge on any atom is 0.312 e. The topological polar surface area (TPSA) is 207 Å². The molecule has 0 fully saturated rings. The molecule has 14 nitrogen and oxygen atoms in total. The minimum atomic E-state index is -1.97. The van der Waals surface area contributed by atoms with Crippen LogP contribution < -0.4 is 4.74 Å². The van der Waals surface area contributed by atoms with Crippen molar-refractivity contribution in [3.63, 3.8) is 0 Å². The lowest BCUT2D eigenvalue weighted by Crippen LogP contribution is -2.46. The van der Waals surface area contributed by atoms with Gasteiger partial charge in [0.1, 0.15) is 29.1 Å². The van der Waals surface area contributed by atoms with Gasteiger partial charge in [-0.2, -0.15) is 0 Å². The third-order valence-electron chi connectivity index (χ3n) is 11.8. The van der Waals surface area contributed by atoms with Crippen molar-refractivity contribution in [1.29, 1.82) is 0 Å². The number of aliphatic hydroxyl groups is 2. The number of carbonyl (C=O) groups excluding carboxylic acids is 4. The lowest BCUT2D eigenvalue weighted by Gasteiger charge is -2.38. The summed E-state index contributed by atoms with van der Waals surface area (Å²) in [5.74, 6) is -7.12. The highest BCUT2D eigenvalue weighted by atomic mass is 16.7. The Labute approximate surface area is 333 Å². The number of ketones is 2. The summed E-state index contributed by atoms with van der Waals surface area (Å²) in [6.45, 7) is 16.7. The van der Waals surface area contributed by atoms with E-state index < -0.39 is 83.1 Å². The highest BCUT2D eigenvalue weighted by molar-refractivity contribution is 6.56. The van der Waals surface area contributed by atoms with Crippen LogP contribution in [0.1, 0.15) is 119 Å². The fourth-order valence-corrected chi connectivity index (χ4v) is 8.03. The number of hydrogen-bond acceptors (Lipinski definition) is 12. The largest absolute Gasteiger partial charge is 0.507 e. The Morgan fingerprint density at radius 3 is 2.26 bits per heavy atom. The average Bonchev–Trinajstić information content (AvgIpc) is 3.72. The van der Waals surface area contributed by atoms with Gasteiger partial charge in [0.25, 0.3) is 11.7 Å². The van der Waals surface area contributed by atoms with E-state index in [1.54, 1.807) is 39.8 Å². The number of fused-ring (bicyclic) bond motifs is 13. The molecule has 3 aliphatic heterocycles. The van der Waals surface area contributed by atoms with Gasteiger partial charge in [0, 0.05) is 67.2 Å². The molecule has 308 valence electrons. The van der Waals surface area contributed by atoms with Gasteiger partial charge < -0.3 is 39.3 Å². The van der Waals surface area contributed by atoms with Gasteiger partial charge in [-0.25, -0.2) is 9.98 Å². The van der Waals surface area contributed by atoms with E-state index in [-0.39, 0.29) is 56.6 Å². The molecule has 9 atom stereocenters. The number of phenolic OH excluding ortho intramolecular Hbond substituents is 1. The number of aliphatic imine (C=N–C) groups is 1. The first kappa shape index (κ1) is 43.2. The van der Waals surface area contributed by atoms with E-state index in [1.807, 2.05) is 13.8 Å². The Balaban J connectivity index is 1.72. The number of benzene rings is 1. The van der Waals surface area contributed by atoms with E-state index in [0.717, 1.165) is 0 Å². The quantitative estimate of drug-likeness (QED) is 0.255. The summed E-state index contributed by atoms with van der Waals surface area (Å²) in [6, 6.07) is 0. The van der Waals surface area contributed by atoms with Crippen LogP contribution in [0.2, 0.25) is 0 Å². The predicted molar refractivity (Wildman–Crippen MR) is 211 cm³/mol. The van der Waals surface area contributed by atoms with Crippen molar-refractivity contribution in [3.8, 4) is 22.8 Å². The number of allylic oxidation sites excluding steroid dienone is 2. The van der Waals surface area contributed by atoms with Crippen molar-refractivity contribution in [2.45, 2.75) is 118 Å². The number of methoxy groups -OCH3 is 1. The maximum atomic E-state index is 14.5. The molecule has 0 radical (unpaired) electrons. The van der Waals surface area contributed by atoms with Crippen LogP contribution in [-0.4, -0.2) is 91.8 Å². The van der Waals surface area contributed by atoms with Gasteiger partial charge in [-0.05, 0) is 32.8 Å². The van der Waals surface area contributed by atoms with E-state index in [1.165, 1.54) is 53.2 Å². The molecule has 1 amide bonds. The van der Waals surface area contributed by atoms with Gasteiger partial charge in [0.15, 0.2) is 0 Å². The molecule has 14 heteroatoms. The van der Waals surface area contributed by atoms with E-state index in [0.29, 0.717) is 18.7 Å². The monoisotopic (exact) mass is 789 g/mol. The zero-order valence-corrected chi connectivity index (χ0v) is 34.5. The first-order valence-electron chi connectivity index (χ1n) is 19.5. The summed E-state index contributed by atoms with van der Waals surface area (Å²) in [7, 11) is 1.45. The van der Waals surface area contributed by atoms with Crippen LogP contribution in [-0.2, 0) is 23.8 Å². The van der Waals surface area contributed by atoms with Gasteiger partial charge in [-0.1, -0.05) is 59.8 Å². The SMILES string of the molecule is CCC(CC)c1nc2c([nH]1)C1=NC(=O)/C(C)=C/C=C/[C@H](C)[C@H](O)[C@@H](C)[C@@H](O)[C@@H](C)[C@H](OC(C)=O)[C@H](C)[C@@H](OC)/C=C/O[C@@]3(C)Oc4c(C)c(O)c(c-2c4C3=O)C1=O. The Morgan fingerprint density at radius 1 is 0.982 bits per heavy atom. The normalized spacial score (nSPS) is 31.5. The number of aromatic amines is 1. The summed E-state index contributed by atoms with van der Waals surface area (Å²) < 4.78 is 23.8. The number of esters is 1. The Bertz CT molecular complexity index is 2060. The van der Waals surface area contributed by atoms with Crippen LogP contribution in [0, 0.1) is 30.6 Å². The number of H-pyrrole nitrogens is 1. The Hall–Kier alpha value is -4.92. The summed E-state index contributed by atoms with van der Waals surface area (Å²) in [5, 5.41) is 34.5. The number of nitrogens with zero attached hydrogens (tertiary/aromatic N) is 2. The number of phenols is 1. The first-order valence-corrected chi connectivity index (χ1v) is 19.5. The summed E-state index contributed by atoms with van der Waals surface area (Å²) in [5.41, 5.74) is 0.0781. The number of nitrogens with one attached hydrogen (secondary N) is 1. The smallest absolute Gasteiger partial charge is 0.312 e. The van der Waals surface area contributed by atoms with Crippen LogP contribution in [0.3, 0.4) is 0 Å².